The molecule has 4 aromatic rings. The Morgan fingerprint density at radius 2 is 1.97 bits per heavy atom. The summed E-state index contributed by atoms with van der Waals surface area (Å²) in [5, 5.41) is 10.5. The van der Waals surface area contributed by atoms with Crippen LogP contribution in [0, 0.1) is 11.3 Å². The van der Waals surface area contributed by atoms with E-state index in [4.69, 9.17) is 21.1 Å². The van der Waals surface area contributed by atoms with Gasteiger partial charge in [0.2, 0.25) is 0 Å². The highest BCUT2D eigenvalue weighted by Gasteiger charge is 2.14. The van der Waals surface area contributed by atoms with Crippen molar-refractivity contribution < 1.29 is 9.47 Å². The van der Waals surface area contributed by atoms with E-state index in [0.717, 1.165) is 27.7 Å². The molecule has 5 nitrogen and oxygen atoms in total. The zero-order valence-electron chi connectivity index (χ0n) is 18.1. The van der Waals surface area contributed by atoms with Crippen molar-refractivity contribution in [2.24, 2.45) is 0 Å². The molecule has 0 saturated carbocycles. The second kappa shape index (κ2) is 10.1. The lowest BCUT2D eigenvalue weighted by Gasteiger charge is -2.16. The molecule has 0 radical (unpaired) electrons. The third kappa shape index (κ3) is 5.08. The predicted molar refractivity (Wildman–Crippen MR) is 132 cm³/mol. The van der Waals surface area contributed by atoms with E-state index >= 15 is 0 Å². The van der Waals surface area contributed by atoms with Gasteiger partial charge >= 0.3 is 0 Å². The number of para-hydroxylation sites is 2. The van der Waals surface area contributed by atoms with Gasteiger partial charge in [0.25, 0.3) is 0 Å². The summed E-state index contributed by atoms with van der Waals surface area (Å²) in [5.41, 5.74) is 4.82. The van der Waals surface area contributed by atoms with Gasteiger partial charge in [-0.15, -0.1) is 6.58 Å². The molecule has 33 heavy (non-hydrogen) atoms. The van der Waals surface area contributed by atoms with Gasteiger partial charge in [0, 0.05) is 10.6 Å². The molecule has 0 spiro atoms. The SMILES string of the molecule is C=CCc1cc(/C=C(\C#N)c2nc3ccccc3[nH]2)cc(OC)c1OCc1ccc(Cl)cc1. The Morgan fingerprint density at radius 3 is 2.67 bits per heavy atom. The fraction of sp³-hybridized carbons (Fsp3) is 0.111. The highest BCUT2D eigenvalue weighted by Crippen LogP contribution is 2.35. The second-order valence-corrected chi connectivity index (χ2v) is 7.83. The van der Waals surface area contributed by atoms with E-state index < -0.39 is 0 Å². The van der Waals surface area contributed by atoms with Crippen LogP contribution < -0.4 is 9.47 Å². The maximum absolute atomic E-state index is 9.79. The molecule has 0 atom stereocenters. The van der Waals surface area contributed by atoms with Gasteiger partial charge in [0.1, 0.15) is 18.5 Å². The summed E-state index contributed by atoms with van der Waals surface area (Å²) in [6, 6.07) is 21.3. The first-order chi connectivity index (χ1) is 16.1. The van der Waals surface area contributed by atoms with Crippen molar-refractivity contribution in [3.63, 3.8) is 0 Å². The smallest absolute Gasteiger partial charge is 0.165 e. The summed E-state index contributed by atoms with van der Waals surface area (Å²) in [7, 11) is 1.60. The summed E-state index contributed by atoms with van der Waals surface area (Å²) in [5.74, 6) is 1.74. The van der Waals surface area contributed by atoms with E-state index in [0.29, 0.717) is 40.9 Å². The molecule has 164 valence electrons. The number of benzene rings is 3. The number of ether oxygens (including phenoxy) is 2. The maximum atomic E-state index is 9.79. The first-order valence-corrected chi connectivity index (χ1v) is 10.7. The van der Waals surface area contributed by atoms with Crippen molar-refractivity contribution in [3.05, 3.63) is 101 Å². The Morgan fingerprint density at radius 1 is 1.18 bits per heavy atom. The third-order valence-corrected chi connectivity index (χ3v) is 5.36. The Kier molecular flexibility index (Phi) is 6.77. The van der Waals surface area contributed by atoms with Gasteiger partial charge in [0.05, 0.1) is 23.7 Å². The highest BCUT2D eigenvalue weighted by atomic mass is 35.5. The van der Waals surface area contributed by atoms with Crippen molar-refractivity contribution in [3.8, 4) is 17.6 Å². The molecule has 4 rings (SSSR count). The first kappa shape index (κ1) is 22.2. The molecule has 1 aromatic heterocycles. The van der Waals surface area contributed by atoms with Gasteiger partial charge in [-0.05, 0) is 60.0 Å². The Labute approximate surface area is 197 Å². The lowest BCUT2D eigenvalue weighted by molar-refractivity contribution is 0.282. The van der Waals surface area contributed by atoms with E-state index in [-0.39, 0.29) is 0 Å². The average molecular weight is 456 g/mol. The van der Waals surface area contributed by atoms with E-state index in [1.165, 1.54) is 0 Å². The Balaban J connectivity index is 1.69. The molecule has 0 fully saturated rings. The number of nitriles is 1. The van der Waals surface area contributed by atoms with Crippen molar-refractivity contribution in [1.29, 1.82) is 5.26 Å². The minimum atomic E-state index is 0.370. The van der Waals surface area contributed by atoms with Gasteiger partial charge in [-0.25, -0.2) is 4.98 Å². The molecule has 0 aliphatic rings. The van der Waals surface area contributed by atoms with Crippen LogP contribution in [0.15, 0.2) is 73.3 Å². The number of hydrogen-bond donors (Lipinski definition) is 1. The zero-order chi connectivity index (χ0) is 23.2. The van der Waals surface area contributed by atoms with Crippen LogP contribution in [0.3, 0.4) is 0 Å². The predicted octanol–water partition coefficient (Wildman–Crippen LogP) is 6.60. The second-order valence-electron chi connectivity index (χ2n) is 7.39. The highest BCUT2D eigenvalue weighted by molar-refractivity contribution is 6.30. The lowest BCUT2D eigenvalue weighted by atomic mass is 10.0. The first-order valence-electron chi connectivity index (χ1n) is 10.4. The molecule has 3 aromatic carbocycles. The van der Waals surface area contributed by atoms with Gasteiger partial charge in [0.15, 0.2) is 11.5 Å². The fourth-order valence-corrected chi connectivity index (χ4v) is 3.65. The fourth-order valence-electron chi connectivity index (χ4n) is 3.53. The molecule has 1 heterocycles. The molecule has 0 amide bonds. The van der Waals surface area contributed by atoms with Crippen LogP contribution in [0.2, 0.25) is 5.02 Å². The van der Waals surface area contributed by atoms with E-state index in [2.05, 4.69) is 22.6 Å². The van der Waals surface area contributed by atoms with Crippen molar-refractivity contribution in [2.75, 3.05) is 7.11 Å². The molecule has 0 bridgehead atoms. The van der Waals surface area contributed by atoms with Gasteiger partial charge in [-0.1, -0.05) is 41.9 Å². The zero-order valence-corrected chi connectivity index (χ0v) is 18.9. The number of imidazole rings is 1. The van der Waals surface area contributed by atoms with Crippen molar-refractivity contribution in [1.82, 2.24) is 9.97 Å². The maximum Gasteiger partial charge on any atom is 0.165 e. The summed E-state index contributed by atoms with van der Waals surface area (Å²) >= 11 is 5.97. The molecular weight excluding hydrogens is 434 g/mol. The van der Waals surface area contributed by atoms with Crippen molar-refractivity contribution >= 4 is 34.3 Å². The van der Waals surface area contributed by atoms with Crippen LogP contribution >= 0.6 is 11.6 Å². The average Bonchev–Trinajstić information content (AvgIpc) is 3.27. The largest absolute Gasteiger partial charge is 0.493 e. The number of halogens is 1. The van der Waals surface area contributed by atoms with Crippen LogP contribution in [0.1, 0.15) is 22.5 Å². The number of hydrogen-bond acceptors (Lipinski definition) is 4. The van der Waals surface area contributed by atoms with Gasteiger partial charge in [-0.3, -0.25) is 0 Å². The minimum absolute atomic E-state index is 0.370. The third-order valence-electron chi connectivity index (χ3n) is 5.11. The van der Waals surface area contributed by atoms with Crippen LogP contribution in [0.25, 0.3) is 22.7 Å². The number of allylic oxidation sites excluding steroid dienone is 2. The molecule has 0 unspecified atom stereocenters. The number of nitrogens with zero attached hydrogens (tertiary/aromatic N) is 2. The number of fused-ring (bicyclic) bond motifs is 1. The van der Waals surface area contributed by atoms with Crippen LogP contribution in [-0.2, 0) is 13.0 Å². The number of nitrogens with one attached hydrogen (secondary N) is 1. The molecule has 6 heteroatoms. The summed E-state index contributed by atoms with van der Waals surface area (Å²) in [6.45, 7) is 4.24. The Bertz CT molecular complexity index is 1330. The van der Waals surface area contributed by atoms with Crippen molar-refractivity contribution in [2.45, 2.75) is 13.0 Å². The monoisotopic (exact) mass is 455 g/mol. The number of aromatic amines is 1. The van der Waals surface area contributed by atoms with E-state index in [1.54, 1.807) is 13.2 Å². The quantitative estimate of drug-likeness (QED) is 0.240. The number of rotatable bonds is 8. The van der Waals surface area contributed by atoms with E-state index in [1.807, 2.05) is 66.7 Å². The number of aromatic nitrogens is 2. The molecule has 1 N–H and O–H groups in total. The standard InChI is InChI=1S/C27H22ClN3O2/c1-3-6-20-13-19(14-21(16-29)27-30-23-7-4-5-8-24(23)31-27)15-25(32-2)26(20)33-17-18-9-11-22(28)12-10-18/h3-5,7-15H,1,6,17H2,2H3,(H,30,31)/b21-14+. The minimum Gasteiger partial charge on any atom is -0.493 e. The van der Waals surface area contributed by atoms with Crippen LogP contribution in [0.4, 0.5) is 0 Å². The van der Waals surface area contributed by atoms with Gasteiger partial charge in [-0.2, -0.15) is 5.26 Å². The molecular formula is C27H22ClN3O2. The summed E-state index contributed by atoms with van der Waals surface area (Å²) in [4.78, 5) is 7.75. The lowest BCUT2D eigenvalue weighted by Crippen LogP contribution is -2.02. The summed E-state index contributed by atoms with van der Waals surface area (Å²) in [6.07, 6.45) is 4.18. The molecule has 0 aliphatic heterocycles. The van der Waals surface area contributed by atoms with Crippen LogP contribution in [-0.4, -0.2) is 17.1 Å². The van der Waals surface area contributed by atoms with Gasteiger partial charge < -0.3 is 14.5 Å². The topological polar surface area (TPSA) is 70.9 Å². The number of H-pyrrole nitrogens is 1. The molecule has 0 aliphatic carbocycles. The molecule has 0 saturated heterocycles. The Hall–Kier alpha value is -4.01. The normalized spacial score (nSPS) is 11.2. The summed E-state index contributed by atoms with van der Waals surface area (Å²) < 4.78 is 11.8. The number of methoxy groups -OCH3 is 1. The van der Waals surface area contributed by atoms with Crippen LogP contribution in [0.5, 0.6) is 11.5 Å². The van der Waals surface area contributed by atoms with E-state index in [9.17, 15) is 5.26 Å².